The van der Waals surface area contributed by atoms with Crippen molar-refractivity contribution >= 4 is 0 Å². The lowest BCUT2D eigenvalue weighted by Crippen LogP contribution is -2.39. The molecule has 0 atom stereocenters. The molecule has 90 valence electrons. The topological polar surface area (TPSA) is 52.5 Å². The number of phenolic OH excluding ortho intramolecular Hbond substituents is 1. The summed E-state index contributed by atoms with van der Waals surface area (Å²) in [7, 11) is 0. The second kappa shape index (κ2) is 5.87. The standard InChI is InChI=1S/C13H21NO2/c1-3-13(16,4-2)10-14-9-11-7-5-6-8-12(11)15/h5-8,14-16H,3-4,9-10H2,1-2H3. The van der Waals surface area contributed by atoms with Crippen molar-refractivity contribution in [3.8, 4) is 5.75 Å². The summed E-state index contributed by atoms with van der Waals surface area (Å²) in [4.78, 5) is 0. The third-order valence-electron chi connectivity index (χ3n) is 3.08. The maximum Gasteiger partial charge on any atom is 0.120 e. The molecule has 1 aromatic rings. The molecule has 1 aromatic carbocycles. The van der Waals surface area contributed by atoms with Crippen LogP contribution < -0.4 is 5.32 Å². The van der Waals surface area contributed by atoms with Gasteiger partial charge in [-0.15, -0.1) is 0 Å². The van der Waals surface area contributed by atoms with Gasteiger partial charge in [-0.2, -0.15) is 0 Å². The van der Waals surface area contributed by atoms with Gasteiger partial charge in [0.15, 0.2) is 0 Å². The van der Waals surface area contributed by atoms with E-state index >= 15 is 0 Å². The van der Waals surface area contributed by atoms with Crippen molar-refractivity contribution in [1.29, 1.82) is 0 Å². The largest absolute Gasteiger partial charge is 0.508 e. The molecule has 3 nitrogen and oxygen atoms in total. The lowest BCUT2D eigenvalue weighted by molar-refractivity contribution is 0.0322. The maximum atomic E-state index is 10.1. The van der Waals surface area contributed by atoms with E-state index in [1.165, 1.54) is 0 Å². The highest BCUT2D eigenvalue weighted by atomic mass is 16.3. The summed E-state index contributed by atoms with van der Waals surface area (Å²) >= 11 is 0. The van der Waals surface area contributed by atoms with Gasteiger partial charge in [-0.1, -0.05) is 32.0 Å². The molecule has 1 rings (SSSR count). The van der Waals surface area contributed by atoms with Crippen molar-refractivity contribution in [3.05, 3.63) is 29.8 Å². The van der Waals surface area contributed by atoms with Crippen LogP contribution in [0, 0.1) is 0 Å². The van der Waals surface area contributed by atoms with Crippen LogP contribution in [0.1, 0.15) is 32.3 Å². The molecule has 0 radical (unpaired) electrons. The summed E-state index contributed by atoms with van der Waals surface area (Å²) in [5, 5.41) is 22.8. The highest BCUT2D eigenvalue weighted by molar-refractivity contribution is 5.31. The van der Waals surface area contributed by atoms with Crippen LogP contribution in [0.15, 0.2) is 24.3 Å². The lowest BCUT2D eigenvalue weighted by Gasteiger charge is -2.25. The number of hydrogen-bond acceptors (Lipinski definition) is 3. The van der Waals surface area contributed by atoms with E-state index in [-0.39, 0.29) is 0 Å². The molecule has 3 heteroatoms. The van der Waals surface area contributed by atoms with Gasteiger partial charge in [-0.3, -0.25) is 0 Å². The molecule has 0 unspecified atom stereocenters. The average Bonchev–Trinajstić information content (AvgIpc) is 2.31. The number of rotatable bonds is 6. The molecule has 0 heterocycles. The first-order chi connectivity index (χ1) is 7.61. The summed E-state index contributed by atoms with van der Waals surface area (Å²) in [6.07, 6.45) is 1.47. The molecule has 0 aliphatic heterocycles. The van der Waals surface area contributed by atoms with Gasteiger partial charge in [0.2, 0.25) is 0 Å². The van der Waals surface area contributed by atoms with Gasteiger partial charge in [0, 0.05) is 18.7 Å². The Morgan fingerprint density at radius 3 is 2.38 bits per heavy atom. The summed E-state index contributed by atoms with van der Waals surface area (Å²) in [5.74, 6) is 0.298. The smallest absolute Gasteiger partial charge is 0.120 e. The summed E-state index contributed by atoms with van der Waals surface area (Å²) in [6.45, 7) is 5.08. The molecule has 0 bridgehead atoms. The van der Waals surface area contributed by atoms with Gasteiger partial charge in [-0.25, -0.2) is 0 Å². The number of aliphatic hydroxyl groups is 1. The number of aromatic hydroxyl groups is 1. The van der Waals surface area contributed by atoms with Crippen molar-refractivity contribution < 1.29 is 10.2 Å². The third kappa shape index (κ3) is 3.51. The molecule has 0 aliphatic rings. The molecule has 0 aliphatic carbocycles. The van der Waals surface area contributed by atoms with Gasteiger partial charge in [0.05, 0.1) is 5.60 Å². The van der Waals surface area contributed by atoms with E-state index in [9.17, 15) is 10.2 Å². The van der Waals surface area contributed by atoms with E-state index in [4.69, 9.17) is 0 Å². The third-order valence-corrected chi connectivity index (χ3v) is 3.08. The minimum absolute atomic E-state index is 0.298. The van der Waals surface area contributed by atoms with Gasteiger partial charge < -0.3 is 15.5 Å². The van der Waals surface area contributed by atoms with Gasteiger partial charge in [0.1, 0.15) is 5.75 Å². The second-order valence-electron chi connectivity index (χ2n) is 4.16. The second-order valence-corrected chi connectivity index (χ2v) is 4.16. The first-order valence-corrected chi connectivity index (χ1v) is 5.81. The fourth-order valence-corrected chi connectivity index (χ4v) is 1.59. The Kier molecular flexibility index (Phi) is 4.77. The predicted molar refractivity (Wildman–Crippen MR) is 65.3 cm³/mol. The van der Waals surface area contributed by atoms with Crippen LogP contribution >= 0.6 is 0 Å². The van der Waals surface area contributed by atoms with Crippen LogP contribution in [0.3, 0.4) is 0 Å². The van der Waals surface area contributed by atoms with Crippen molar-refractivity contribution in [2.45, 2.75) is 38.8 Å². The van der Waals surface area contributed by atoms with Crippen LogP contribution in [0.25, 0.3) is 0 Å². The minimum Gasteiger partial charge on any atom is -0.508 e. The van der Waals surface area contributed by atoms with E-state index in [0.717, 1.165) is 18.4 Å². The van der Waals surface area contributed by atoms with Gasteiger partial charge in [-0.05, 0) is 18.9 Å². The molecule has 0 saturated heterocycles. The number of hydrogen-bond donors (Lipinski definition) is 3. The van der Waals surface area contributed by atoms with Gasteiger partial charge >= 0.3 is 0 Å². The molecule has 0 saturated carbocycles. The van der Waals surface area contributed by atoms with E-state index < -0.39 is 5.60 Å². The molecular formula is C13H21NO2. The molecule has 0 fully saturated rings. The Morgan fingerprint density at radius 2 is 1.81 bits per heavy atom. The van der Waals surface area contributed by atoms with Crippen LogP contribution in [0.5, 0.6) is 5.75 Å². The molecule has 0 amide bonds. The summed E-state index contributed by atoms with van der Waals surface area (Å²) in [5.41, 5.74) is 0.224. The fraction of sp³-hybridized carbons (Fsp3) is 0.538. The number of phenols is 1. The first kappa shape index (κ1) is 13.0. The van der Waals surface area contributed by atoms with Crippen LogP contribution in [-0.4, -0.2) is 22.4 Å². The predicted octanol–water partition coefficient (Wildman–Crippen LogP) is 2.03. The van der Waals surface area contributed by atoms with Crippen molar-refractivity contribution in [2.24, 2.45) is 0 Å². The first-order valence-electron chi connectivity index (χ1n) is 5.81. The maximum absolute atomic E-state index is 10.1. The molecule has 0 spiro atoms. The quantitative estimate of drug-likeness (QED) is 0.691. The molecule has 3 N–H and O–H groups in total. The Bertz CT molecular complexity index is 321. The SMILES string of the molecule is CCC(O)(CC)CNCc1ccccc1O. The van der Waals surface area contributed by atoms with E-state index in [0.29, 0.717) is 18.8 Å². The highest BCUT2D eigenvalue weighted by Crippen LogP contribution is 2.16. The zero-order chi connectivity index (χ0) is 12.0. The van der Waals surface area contributed by atoms with Crippen LogP contribution in [0.2, 0.25) is 0 Å². The van der Waals surface area contributed by atoms with E-state index in [1.807, 2.05) is 26.0 Å². The van der Waals surface area contributed by atoms with Crippen LogP contribution in [-0.2, 0) is 6.54 Å². The highest BCUT2D eigenvalue weighted by Gasteiger charge is 2.21. The fourth-order valence-electron chi connectivity index (χ4n) is 1.59. The van der Waals surface area contributed by atoms with E-state index in [2.05, 4.69) is 5.32 Å². The minimum atomic E-state index is -0.635. The lowest BCUT2D eigenvalue weighted by atomic mass is 9.97. The Hall–Kier alpha value is -1.06. The normalized spacial score (nSPS) is 11.7. The van der Waals surface area contributed by atoms with Crippen LogP contribution in [0.4, 0.5) is 0 Å². The average molecular weight is 223 g/mol. The van der Waals surface area contributed by atoms with Crippen molar-refractivity contribution in [3.63, 3.8) is 0 Å². The Balaban J connectivity index is 2.44. The summed E-state index contributed by atoms with van der Waals surface area (Å²) in [6, 6.07) is 7.23. The Morgan fingerprint density at radius 1 is 1.19 bits per heavy atom. The summed E-state index contributed by atoms with van der Waals surface area (Å²) < 4.78 is 0. The Labute approximate surface area is 97.1 Å². The zero-order valence-electron chi connectivity index (χ0n) is 10.0. The number of para-hydroxylation sites is 1. The van der Waals surface area contributed by atoms with Gasteiger partial charge in [0.25, 0.3) is 0 Å². The number of nitrogens with one attached hydrogen (secondary N) is 1. The molecule has 16 heavy (non-hydrogen) atoms. The zero-order valence-corrected chi connectivity index (χ0v) is 10.0. The van der Waals surface area contributed by atoms with E-state index in [1.54, 1.807) is 12.1 Å². The van der Waals surface area contributed by atoms with Crippen molar-refractivity contribution in [2.75, 3.05) is 6.54 Å². The monoisotopic (exact) mass is 223 g/mol. The van der Waals surface area contributed by atoms with Crippen molar-refractivity contribution in [1.82, 2.24) is 5.32 Å². The molecular weight excluding hydrogens is 202 g/mol. The molecule has 0 aromatic heterocycles. The number of benzene rings is 1.